The number of rotatable bonds is 4. The summed E-state index contributed by atoms with van der Waals surface area (Å²) in [6.07, 6.45) is 4.22. The molecule has 5 heteroatoms. The monoisotopic (exact) mass is 251 g/mol. The van der Waals surface area contributed by atoms with Gasteiger partial charge in [-0.1, -0.05) is 6.08 Å². The van der Waals surface area contributed by atoms with Gasteiger partial charge in [0.25, 0.3) is 0 Å². The molecular formula is C13H21N3O2. The van der Waals surface area contributed by atoms with Crippen molar-refractivity contribution in [1.82, 2.24) is 9.80 Å². The maximum atomic E-state index is 12.0. The summed E-state index contributed by atoms with van der Waals surface area (Å²) in [5.74, 6) is 0.487. The van der Waals surface area contributed by atoms with Gasteiger partial charge in [-0.3, -0.25) is 9.59 Å². The summed E-state index contributed by atoms with van der Waals surface area (Å²) in [5, 5.41) is 0. The molecule has 2 N–H and O–H groups in total. The lowest BCUT2D eigenvalue weighted by molar-refractivity contribution is -0.140. The average molecular weight is 251 g/mol. The normalized spacial score (nSPS) is 21.6. The summed E-state index contributed by atoms with van der Waals surface area (Å²) in [4.78, 5) is 27.4. The van der Waals surface area contributed by atoms with Crippen molar-refractivity contribution in [2.24, 2.45) is 11.7 Å². The second-order valence-electron chi connectivity index (χ2n) is 5.06. The van der Waals surface area contributed by atoms with E-state index < -0.39 is 6.04 Å². The Balaban J connectivity index is 1.80. The molecule has 0 radical (unpaired) electrons. The first-order chi connectivity index (χ1) is 8.63. The van der Waals surface area contributed by atoms with Crippen molar-refractivity contribution in [3.8, 4) is 0 Å². The van der Waals surface area contributed by atoms with Gasteiger partial charge in [-0.2, -0.15) is 0 Å². The number of hydrogen-bond donors (Lipinski definition) is 1. The van der Waals surface area contributed by atoms with E-state index in [9.17, 15) is 9.59 Å². The quantitative estimate of drug-likeness (QED) is 0.714. The molecule has 1 heterocycles. The van der Waals surface area contributed by atoms with Gasteiger partial charge in [0.05, 0.1) is 6.04 Å². The molecule has 1 saturated heterocycles. The Hall–Kier alpha value is -1.36. The Kier molecular flexibility index (Phi) is 4.01. The molecular weight excluding hydrogens is 230 g/mol. The van der Waals surface area contributed by atoms with E-state index in [1.54, 1.807) is 11.0 Å². The second kappa shape index (κ2) is 5.52. The predicted molar refractivity (Wildman–Crippen MR) is 68.7 cm³/mol. The molecule has 100 valence electrons. The number of nitrogens with zero attached hydrogens (tertiary/aromatic N) is 2. The van der Waals surface area contributed by atoms with Crippen LogP contribution in [0.15, 0.2) is 12.7 Å². The summed E-state index contributed by atoms with van der Waals surface area (Å²) >= 11 is 0. The van der Waals surface area contributed by atoms with Crippen molar-refractivity contribution < 1.29 is 9.59 Å². The van der Waals surface area contributed by atoms with Crippen LogP contribution in [0.1, 0.15) is 19.3 Å². The number of carbonyl (C=O) groups excluding carboxylic acids is 2. The molecule has 1 unspecified atom stereocenters. The molecule has 1 atom stereocenters. The van der Waals surface area contributed by atoms with Crippen LogP contribution in [0.4, 0.5) is 0 Å². The topological polar surface area (TPSA) is 66.6 Å². The molecule has 2 aliphatic rings. The van der Waals surface area contributed by atoms with E-state index in [-0.39, 0.29) is 17.7 Å². The Labute approximate surface area is 108 Å². The van der Waals surface area contributed by atoms with Gasteiger partial charge in [-0.15, -0.1) is 6.58 Å². The molecule has 1 aliphatic carbocycles. The summed E-state index contributed by atoms with van der Waals surface area (Å²) in [5.41, 5.74) is 5.77. The van der Waals surface area contributed by atoms with E-state index >= 15 is 0 Å². The summed E-state index contributed by atoms with van der Waals surface area (Å²) in [6.45, 7) is 6.07. The van der Waals surface area contributed by atoms with Gasteiger partial charge in [0.15, 0.2) is 0 Å². The maximum absolute atomic E-state index is 12.0. The van der Waals surface area contributed by atoms with Gasteiger partial charge in [-0.05, 0) is 19.3 Å². The summed E-state index contributed by atoms with van der Waals surface area (Å²) in [6, 6.07) is -0.492. The molecule has 0 aromatic carbocycles. The highest BCUT2D eigenvalue weighted by atomic mass is 16.2. The van der Waals surface area contributed by atoms with E-state index in [1.807, 2.05) is 4.90 Å². The zero-order valence-electron chi connectivity index (χ0n) is 10.7. The van der Waals surface area contributed by atoms with Crippen molar-refractivity contribution in [3.63, 3.8) is 0 Å². The van der Waals surface area contributed by atoms with Crippen molar-refractivity contribution in [1.29, 1.82) is 0 Å². The fourth-order valence-electron chi connectivity index (χ4n) is 2.25. The van der Waals surface area contributed by atoms with Crippen LogP contribution in [0.25, 0.3) is 0 Å². The van der Waals surface area contributed by atoms with Gasteiger partial charge in [0.1, 0.15) is 0 Å². The number of hydrogen-bond acceptors (Lipinski definition) is 3. The third kappa shape index (κ3) is 2.90. The van der Waals surface area contributed by atoms with Crippen LogP contribution >= 0.6 is 0 Å². The van der Waals surface area contributed by atoms with Crippen molar-refractivity contribution >= 4 is 11.8 Å². The van der Waals surface area contributed by atoms with E-state index in [4.69, 9.17) is 5.73 Å². The third-order valence-electron chi connectivity index (χ3n) is 3.57. The number of amides is 2. The van der Waals surface area contributed by atoms with Gasteiger partial charge < -0.3 is 15.5 Å². The molecule has 2 amide bonds. The van der Waals surface area contributed by atoms with E-state index in [0.717, 1.165) is 12.8 Å². The van der Waals surface area contributed by atoms with Crippen LogP contribution in [-0.4, -0.2) is 53.8 Å². The lowest BCUT2D eigenvalue weighted by Gasteiger charge is -2.36. The van der Waals surface area contributed by atoms with Crippen LogP contribution in [0.2, 0.25) is 0 Å². The lowest BCUT2D eigenvalue weighted by atomic mass is 10.1. The highest BCUT2D eigenvalue weighted by Gasteiger charge is 2.35. The lowest BCUT2D eigenvalue weighted by Crippen LogP contribution is -2.54. The zero-order valence-corrected chi connectivity index (χ0v) is 10.7. The van der Waals surface area contributed by atoms with Gasteiger partial charge >= 0.3 is 0 Å². The molecule has 1 saturated carbocycles. The minimum Gasteiger partial charge on any atom is -0.339 e. The van der Waals surface area contributed by atoms with Crippen molar-refractivity contribution in [3.05, 3.63) is 12.7 Å². The minimum atomic E-state index is -0.492. The van der Waals surface area contributed by atoms with E-state index in [1.165, 1.54) is 0 Å². The second-order valence-corrected chi connectivity index (χ2v) is 5.06. The average Bonchev–Trinajstić information content (AvgIpc) is 3.22. The molecule has 0 bridgehead atoms. The Bertz CT molecular complexity index is 344. The molecule has 18 heavy (non-hydrogen) atoms. The highest BCUT2D eigenvalue weighted by molar-refractivity contribution is 5.83. The van der Waals surface area contributed by atoms with Gasteiger partial charge in [0.2, 0.25) is 11.8 Å². The third-order valence-corrected chi connectivity index (χ3v) is 3.57. The Morgan fingerprint density at radius 2 is 1.78 bits per heavy atom. The van der Waals surface area contributed by atoms with Crippen molar-refractivity contribution in [2.75, 3.05) is 26.2 Å². The molecule has 0 spiro atoms. The molecule has 0 aromatic heterocycles. The molecule has 1 aliphatic heterocycles. The smallest absolute Gasteiger partial charge is 0.239 e. The molecule has 0 aromatic rings. The number of nitrogens with two attached hydrogens (primary N) is 1. The first-order valence-corrected chi connectivity index (χ1v) is 6.57. The maximum Gasteiger partial charge on any atom is 0.239 e. The van der Waals surface area contributed by atoms with Gasteiger partial charge in [-0.25, -0.2) is 0 Å². The van der Waals surface area contributed by atoms with Gasteiger partial charge in [0, 0.05) is 32.1 Å². The van der Waals surface area contributed by atoms with Crippen LogP contribution in [0.5, 0.6) is 0 Å². The summed E-state index contributed by atoms with van der Waals surface area (Å²) < 4.78 is 0. The van der Waals surface area contributed by atoms with Crippen LogP contribution in [-0.2, 0) is 9.59 Å². The van der Waals surface area contributed by atoms with E-state index in [0.29, 0.717) is 32.6 Å². The van der Waals surface area contributed by atoms with Crippen LogP contribution in [0, 0.1) is 5.92 Å². The largest absolute Gasteiger partial charge is 0.339 e. The zero-order chi connectivity index (χ0) is 13.1. The summed E-state index contributed by atoms with van der Waals surface area (Å²) in [7, 11) is 0. The Morgan fingerprint density at radius 1 is 1.22 bits per heavy atom. The SMILES string of the molecule is C=CCC(N)C(=O)N1CCN(C(=O)C2CC2)CC1. The van der Waals surface area contributed by atoms with Crippen LogP contribution < -0.4 is 5.73 Å². The molecule has 2 rings (SSSR count). The number of piperazine rings is 1. The standard InChI is InChI=1S/C13H21N3O2/c1-2-3-11(14)13(18)16-8-6-15(7-9-16)12(17)10-4-5-10/h2,10-11H,1,3-9,14H2. The highest BCUT2D eigenvalue weighted by Crippen LogP contribution is 2.31. The fourth-order valence-corrected chi connectivity index (χ4v) is 2.25. The first-order valence-electron chi connectivity index (χ1n) is 6.57. The number of carbonyl (C=O) groups is 2. The van der Waals surface area contributed by atoms with Crippen molar-refractivity contribution in [2.45, 2.75) is 25.3 Å². The van der Waals surface area contributed by atoms with Crippen LogP contribution in [0.3, 0.4) is 0 Å². The first kappa shape index (κ1) is 13.1. The molecule has 5 nitrogen and oxygen atoms in total. The predicted octanol–water partition coefficient (Wildman–Crippen LogP) is -0.0294. The minimum absolute atomic E-state index is 0.0339. The fraction of sp³-hybridized carbons (Fsp3) is 0.692. The Morgan fingerprint density at radius 3 is 2.28 bits per heavy atom. The van der Waals surface area contributed by atoms with E-state index in [2.05, 4.69) is 6.58 Å². The molecule has 2 fully saturated rings.